The molecule has 0 unspecified atom stereocenters. The van der Waals surface area contributed by atoms with Crippen LogP contribution in [0.1, 0.15) is 24.8 Å². The van der Waals surface area contributed by atoms with Crippen LogP contribution < -0.4 is 10.6 Å². The molecule has 31 heavy (non-hydrogen) atoms. The molecule has 1 aliphatic rings. The lowest BCUT2D eigenvalue weighted by Crippen LogP contribution is -2.43. The second kappa shape index (κ2) is 10.0. The summed E-state index contributed by atoms with van der Waals surface area (Å²) in [6, 6.07) is 12.2. The Morgan fingerprint density at radius 1 is 1.06 bits per heavy atom. The van der Waals surface area contributed by atoms with Crippen molar-refractivity contribution in [2.45, 2.75) is 31.1 Å². The van der Waals surface area contributed by atoms with E-state index in [0.29, 0.717) is 12.8 Å². The predicted molar refractivity (Wildman–Crippen MR) is 115 cm³/mol. The van der Waals surface area contributed by atoms with Crippen LogP contribution in [0.3, 0.4) is 0 Å². The van der Waals surface area contributed by atoms with Gasteiger partial charge in [-0.2, -0.15) is 4.31 Å². The molecule has 2 aromatic carbocycles. The molecular weight excluding hydrogens is 421 g/mol. The van der Waals surface area contributed by atoms with Crippen molar-refractivity contribution in [2.75, 3.05) is 25.0 Å². The molecular formula is C22H26FN3O4S. The lowest BCUT2D eigenvalue weighted by atomic mass is 9.97. The van der Waals surface area contributed by atoms with Crippen molar-refractivity contribution in [3.05, 3.63) is 59.9 Å². The van der Waals surface area contributed by atoms with Crippen molar-refractivity contribution >= 4 is 27.5 Å². The van der Waals surface area contributed by atoms with Crippen LogP contribution in [0.25, 0.3) is 0 Å². The number of nitrogens with one attached hydrogen (secondary N) is 2. The number of anilines is 1. The summed E-state index contributed by atoms with van der Waals surface area (Å²) < 4.78 is 39.7. The number of aryl methyl sites for hydroxylation is 1. The summed E-state index contributed by atoms with van der Waals surface area (Å²) in [7, 11) is -3.71. The van der Waals surface area contributed by atoms with Crippen molar-refractivity contribution in [1.29, 1.82) is 0 Å². The first-order chi connectivity index (χ1) is 14.8. The second-order valence-corrected chi connectivity index (χ2v) is 9.47. The first-order valence-corrected chi connectivity index (χ1v) is 11.6. The van der Waals surface area contributed by atoms with Crippen LogP contribution >= 0.6 is 0 Å². The zero-order chi connectivity index (χ0) is 22.4. The highest BCUT2D eigenvalue weighted by molar-refractivity contribution is 7.89. The Labute approximate surface area is 181 Å². The summed E-state index contributed by atoms with van der Waals surface area (Å²) in [5.41, 5.74) is 1.70. The molecule has 0 saturated carbocycles. The molecule has 9 heteroatoms. The predicted octanol–water partition coefficient (Wildman–Crippen LogP) is 2.68. The monoisotopic (exact) mass is 447 g/mol. The summed E-state index contributed by atoms with van der Waals surface area (Å²) in [6.07, 6.45) is 0.932. The topological polar surface area (TPSA) is 95.6 Å². The van der Waals surface area contributed by atoms with Crippen molar-refractivity contribution in [3.63, 3.8) is 0 Å². The number of para-hydroxylation sites is 1. The molecule has 1 saturated heterocycles. The standard InChI is InChI=1S/C22H26FN3O4S/c1-16-4-2-3-5-20(16)25-21(27)10-13-24-22(28)17-11-14-26(15-12-17)31(29,30)19-8-6-18(23)7-9-19/h2-9,17H,10-15H2,1H3,(H,24,28)(H,25,27). The van der Waals surface area contributed by atoms with Gasteiger partial charge in [0.2, 0.25) is 21.8 Å². The lowest BCUT2D eigenvalue weighted by Gasteiger charge is -2.30. The summed E-state index contributed by atoms with van der Waals surface area (Å²) in [5.74, 6) is -1.17. The number of piperidine rings is 1. The molecule has 0 radical (unpaired) electrons. The van der Waals surface area contributed by atoms with Crippen LogP contribution in [0.15, 0.2) is 53.4 Å². The van der Waals surface area contributed by atoms with Gasteiger partial charge in [-0.25, -0.2) is 12.8 Å². The molecule has 2 N–H and O–H groups in total. The highest BCUT2D eigenvalue weighted by Gasteiger charge is 2.32. The van der Waals surface area contributed by atoms with Crippen molar-refractivity contribution in [3.8, 4) is 0 Å². The van der Waals surface area contributed by atoms with Gasteiger partial charge in [-0.05, 0) is 55.7 Å². The molecule has 1 heterocycles. The molecule has 3 rings (SSSR count). The summed E-state index contributed by atoms with van der Waals surface area (Å²) in [5, 5.41) is 5.58. The molecule has 7 nitrogen and oxygen atoms in total. The molecule has 166 valence electrons. The number of carbonyl (C=O) groups excluding carboxylic acids is 2. The fourth-order valence-electron chi connectivity index (χ4n) is 3.48. The fraction of sp³-hybridized carbons (Fsp3) is 0.364. The average molecular weight is 448 g/mol. The summed E-state index contributed by atoms with van der Waals surface area (Å²) in [6.45, 7) is 2.54. The largest absolute Gasteiger partial charge is 0.355 e. The minimum Gasteiger partial charge on any atom is -0.355 e. The highest BCUT2D eigenvalue weighted by Crippen LogP contribution is 2.24. The Morgan fingerprint density at radius 2 is 1.71 bits per heavy atom. The Balaban J connectivity index is 1.43. The van der Waals surface area contributed by atoms with E-state index >= 15 is 0 Å². The fourth-order valence-corrected chi connectivity index (χ4v) is 4.95. The Hall–Kier alpha value is -2.78. The van der Waals surface area contributed by atoms with Gasteiger partial charge in [0.15, 0.2) is 0 Å². The first-order valence-electron chi connectivity index (χ1n) is 10.2. The molecule has 0 aliphatic carbocycles. The molecule has 2 aromatic rings. The van der Waals surface area contributed by atoms with E-state index in [4.69, 9.17) is 0 Å². The van der Waals surface area contributed by atoms with E-state index < -0.39 is 15.8 Å². The maximum atomic E-state index is 13.1. The Bertz CT molecular complexity index is 1030. The summed E-state index contributed by atoms with van der Waals surface area (Å²) >= 11 is 0. The van der Waals surface area contributed by atoms with Crippen molar-refractivity contribution in [2.24, 2.45) is 5.92 Å². The van der Waals surface area contributed by atoms with Crippen LogP contribution in [0, 0.1) is 18.7 Å². The summed E-state index contributed by atoms with van der Waals surface area (Å²) in [4.78, 5) is 24.5. The third kappa shape index (κ3) is 5.89. The normalized spacial score (nSPS) is 15.4. The van der Waals surface area contributed by atoms with E-state index in [0.717, 1.165) is 23.4 Å². The van der Waals surface area contributed by atoms with Crippen molar-refractivity contribution < 1.29 is 22.4 Å². The van der Waals surface area contributed by atoms with Gasteiger partial charge in [0.05, 0.1) is 4.90 Å². The molecule has 1 aliphatic heterocycles. The number of amides is 2. The zero-order valence-electron chi connectivity index (χ0n) is 17.3. The third-order valence-electron chi connectivity index (χ3n) is 5.35. The van der Waals surface area contributed by atoms with Gasteiger partial charge in [0.25, 0.3) is 0 Å². The van der Waals surface area contributed by atoms with Gasteiger partial charge in [-0.15, -0.1) is 0 Å². The van der Waals surface area contributed by atoms with E-state index in [1.165, 1.54) is 16.4 Å². The third-order valence-corrected chi connectivity index (χ3v) is 7.26. The minimum atomic E-state index is -3.71. The van der Waals surface area contributed by atoms with E-state index in [1.807, 2.05) is 31.2 Å². The van der Waals surface area contributed by atoms with Gasteiger partial charge in [0.1, 0.15) is 5.82 Å². The molecule has 0 bridgehead atoms. The average Bonchev–Trinajstić information content (AvgIpc) is 2.75. The number of sulfonamides is 1. The van der Waals surface area contributed by atoms with Crippen LogP contribution in [-0.2, 0) is 19.6 Å². The SMILES string of the molecule is Cc1ccccc1NC(=O)CCNC(=O)C1CCN(S(=O)(=O)c2ccc(F)cc2)CC1. The van der Waals surface area contributed by atoms with Crippen LogP contribution in [0.5, 0.6) is 0 Å². The number of carbonyl (C=O) groups is 2. The highest BCUT2D eigenvalue weighted by atomic mass is 32.2. The first kappa shape index (κ1) is 22.9. The van der Waals surface area contributed by atoms with Crippen LogP contribution in [-0.4, -0.2) is 44.2 Å². The van der Waals surface area contributed by atoms with Gasteiger partial charge in [0, 0.05) is 37.7 Å². The van der Waals surface area contributed by atoms with E-state index in [2.05, 4.69) is 10.6 Å². The Kier molecular flexibility index (Phi) is 7.40. The van der Waals surface area contributed by atoms with E-state index in [-0.39, 0.29) is 48.7 Å². The maximum Gasteiger partial charge on any atom is 0.243 e. The molecule has 2 amide bonds. The lowest BCUT2D eigenvalue weighted by molar-refractivity contribution is -0.126. The molecule has 0 aromatic heterocycles. The smallest absolute Gasteiger partial charge is 0.243 e. The number of hydrogen-bond donors (Lipinski definition) is 2. The van der Waals surface area contributed by atoms with Gasteiger partial charge < -0.3 is 10.6 Å². The number of halogens is 1. The molecule has 0 spiro atoms. The van der Waals surface area contributed by atoms with Gasteiger partial charge in [-0.1, -0.05) is 18.2 Å². The number of nitrogens with zero attached hydrogens (tertiary/aromatic N) is 1. The van der Waals surface area contributed by atoms with Crippen LogP contribution in [0.2, 0.25) is 0 Å². The molecule has 0 atom stereocenters. The van der Waals surface area contributed by atoms with Crippen molar-refractivity contribution in [1.82, 2.24) is 9.62 Å². The van der Waals surface area contributed by atoms with Crippen LogP contribution in [0.4, 0.5) is 10.1 Å². The van der Waals surface area contributed by atoms with Gasteiger partial charge in [-0.3, -0.25) is 9.59 Å². The number of benzene rings is 2. The zero-order valence-corrected chi connectivity index (χ0v) is 18.1. The van der Waals surface area contributed by atoms with Gasteiger partial charge >= 0.3 is 0 Å². The van der Waals surface area contributed by atoms with E-state index in [1.54, 1.807) is 0 Å². The number of hydrogen-bond acceptors (Lipinski definition) is 4. The number of rotatable bonds is 7. The van der Waals surface area contributed by atoms with E-state index in [9.17, 15) is 22.4 Å². The Morgan fingerprint density at radius 3 is 2.35 bits per heavy atom. The minimum absolute atomic E-state index is 0.0384. The maximum absolute atomic E-state index is 13.1. The second-order valence-electron chi connectivity index (χ2n) is 7.54. The quantitative estimate of drug-likeness (QED) is 0.682. The molecule has 1 fully saturated rings.